The normalized spacial score (nSPS) is 20.0. The van der Waals surface area contributed by atoms with Gasteiger partial charge in [0, 0.05) is 38.0 Å². The number of hydrogen-bond donors (Lipinski definition) is 2. The van der Waals surface area contributed by atoms with E-state index in [0.29, 0.717) is 19.2 Å². The van der Waals surface area contributed by atoms with Crippen molar-refractivity contribution in [3.63, 3.8) is 0 Å². The van der Waals surface area contributed by atoms with Gasteiger partial charge in [0.25, 0.3) is 5.56 Å². The number of anilines is 1. The summed E-state index contributed by atoms with van der Waals surface area (Å²) in [7, 11) is -3.91. The summed E-state index contributed by atoms with van der Waals surface area (Å²) < 4.78 is 110. The Kier molecular flexibility index (Phi) is 11.2. The second kappa shape index (κ2) is 15.3. The zero-order valence-electron chi connectivity index (χ0n) is 34.3. The van der Waals surface area contributed by atoms with Crippen molar-refractivity contribution in [3.8, 4) is 5.69 Å². The highest BCUT2D eigenvalue weighted by molar-refractivity contribution is 7.92. The molecule has 0 unspecified atom stereocenters. The van der Waals surface area contributed by atoms with Crippen molar-refractivity contribution in [1.82, 2.24) is 29.2 Å². The quantitative estimate of drug-likeness (QED) is 0.135. The van der Waals surface area contributed by atoms with Crippen molar-refractivity contribution in [3.05, 3.63) is 86.1 Å². The van der Waals surface area contributed by atoms with Crippen LogP contribution >= 0.6 is 11.6 Å². The van der Waals surface area contributed by atoms with Crippen LogP contribution in [-0.2, 0) is 33.4 Å². The molecular formula is C41H48ClF5N8O4S. The van der Waals surface area contributed by atoms with Gasteiger partial charge < -0.3 is 10.5 Å². The molecule has 7 rings (SSSR count). The maximum Gasteiger partial charge on any atom is 0.268 e. The minimum Gasteiger partial charge on any atom is -0.367 e. The first kappa shape index (κ1) is 43.8. The lowest BCUT2D eigenvalue weighted by molar-refractivity contribution is -0.187. The Morgan fingerprint density at radius 1 is 0.950 bits per heavy atom. The monoisotopic (exact) mass is 878 g/mol. The van der Waals surface area contributed by atoms with Crippen LogP contribution in [0.1, 0.15) is 89.0 Å². The Balaban J connectivity index is 1.47. The Hall–Kier alpha value is -4.23. The topological polar surface area (TPSA) is 150 Å². The zero-order valence-corrected chi connectivity index (χ0v) is 35.9. The van der Waals surface area contributed by atoms with Crippen molar-refractivity contribution >= 4 is 49.4 Å². The van der Waals surface area contributed by atoms with E-state index in [1.54, 1.807) is 11.6 Å². The predicted octanol–water partition coefficient (Wildman–Crippen LogP) is 7.64. The van der Waals surface area contributed by atoms with Gasteiger partial charge in [-0.15, -0.1) is 0 Å². The molecule has 2 atom stereocenters. The predicted molar refractivity (Wildman–Crippen MR) is 220 cm³/mol. The summed E-state index contributed by atoms with van der Waals surface area (Å²) in [4.78, 5) is 26.5. The van der Waals surface area contributed by atoms with Crippen LogP contribution in [0.25, 0.3) is 27.6 Å². The van der Waals surface area contributed by atoms with Crippen LogP contribution in [-0.4, -0.2) is 80.1 Å². The average Bonchev–Trinajstić information content (AvgIpc) is 3.44. The van der Waals surface area contributed by atoms with E-state index >= 15 is 9.18 Å². The molecule has 0 spiro atoms. The molecule has 2 aliphatic rings. The minimum absolute atomic E-state index is 0.0361. The molecule has 3 N–H and O–H groups in total. The lowest BCUT2D eigenvalue weighted by Crippen LogP contribution is -2.59. The molecular weight excluding hydrogens is 831 g/mol. The van der Waals surface area contributed by atoms with Crippen molar-refractivity contribution in [2.75, 3.05) is 24.1 Å². The molecule has 5 aromatic rings. The second-order valence-electron chi connectivity index (χ2n) is 17.6. The van der Waals surface area contributed by atoms with E-state index in [0.717, 1.165) is 18.4 Å². The number of nitrogens with two attached hydrogens (primary N) is 1. The number of pyridine rings is 1. The Morgan fingerprint density at radius 3 is 2.17 bits per heavy atom. The molecule has 1 aliphatic carbocycles. The third-order valence-corrected chi connectivity index (χ3v) is 12.0. The number of nitrogens with zero attached hydrogens (tertiary/aromatic N) is 6. The molecule has 0 radical (unpaired) electrons. The van der Waals surface area contributed by atoms with Crippen molar-refractivity contribution < 1.29 is 35.1 Å². The smallest absolute Gasteiger partial charge is 0.268 e. The number of rotatable bonds is 10. The van der Waals surface area contributed by atoms with E-state index in [1.165, 1.54) is 22.8 Å². The number of ether oxygens (including phenoxy) is 1. The number of sulfonamides is 1. The maximum atomic E-state index is 16.4. The third kappa shape index (κ3) is 8.89. The third-order valence-electron chi connectivity index (χ3n) is 11.1. The van der Waals surface area contributed by atoms with Gasteiger partial charge in [0.15, 0.2) is 17.1 Å². The van der Waals surface area contributed by atoms with E-state index in [-0.39, 0.29) is 80.1 Å². The first-order valence-electron chi connectivity index (χ1n) is 19.6. The van der Waals surface area contributed by atoms with Crippen LogP contribution in [0.3, 0.4) is 0 Å². The lowest BCUT2D eigenvalue weighted by Gasteiger charge is -2.49. The van der Waals surface area contributed by atoms with E-state index in [2.05, 4.69) is 14.6 Å². The summed E-state index contributed by atoms with van der Waals surface area (Å²) in [5, 5.41) is 4.93. The van der Waals surface area contributed by atoms with Crippen LogP contribution in [0.2, 0.25) is 5.02 Å². The van der Waals surface area contributed by atoms with Gasteiger partial charge in [-0.2, -0.15) is 5.10 Å². The molecule has 1 aliphatic heterocycles. The van der Waals surface area contributed by atoms with Crippen LogP contribution in [0, 0.1) is 18.6 Å². The highest BCUT2D eigenvalue weighted by atomic mass is 35.5. The molecule has 19 heteroatoms. The van der Waals surface area contributed by atoms with Crippen molar-refractivity contribution in [1.29, 1.82) is 0 Å². The first-order chi connectivity index (χ1) is 27.7. The molecule has 0 bridgehead atoms. The molecule has 1 saturated heterocycles. The van der Waals surface area contributed by atoms with Crippen molar-refractivity contribution in [2.45, 2.75) is 115 Å². The fraction of sp³-hybridized carbons (Fsp3) is 0.512. The van der Waals surface area contributed by atoms with Crippen LogP contribution in [0.4, 0.5) is 27.8 Å². The minimum atomic E-state index is -3.91. The highest BCUT2D eigenvalue weighted by Crippen LogP contribution is 2.46. The summed E-state index contributed by atoms with van der Waals surface area (Å²) in [6.07, 6.45) is -1.64. The molecule has 0 amide bonds. The van der Waals surface area contributed by atoms with E-state index < -0.39 is 81.7 Å². The standard InChI is InChI=1S/C41H48ClF5N8O4S/c1-22-14-30(40(45)10-12-41(46,47)13-11-40)49-34-31(22)37(56)55(36(50-34)28(48)17-24-15-25(43)18-26(44)16-24)29-9-8-27(42)32-33(29)54(51-35(32)52-60(7,57)58)19-23(2)53-20-38(3,4)59-39(5,6)21-53/h8-9,14-16,18,23,28H,10-13,17,19-21,48H2,1-7H3,(H,51,52)/t23-,28+/m1/s1. The van der Waals surface area contributed by atoms with Gasteiger partial charge in [0.05, 0.1) is 62.7 Å². The van der Waals surface area contributed by atoms with Crippen molar-refractivity contribution in [2.24, 2.45) is 5.73 Å². The summed E-state index contributed by atoms with van der Waals surface area (Å²) in [5.74, 6) is -4.99. The SMILES string of the molecule is Cc1cc(C2(F)CCC(F)(F)CC2)nc2nc([C@@H](N)Cc3cc(F)cc(F)c3)n(-c3ccc(Cl)c4c(NS(C)(=O)=O)nn(C[C@@H](C)N5CC(C)(C)OC(C)(C)C5)c34)c(=O)c12. The number of nitrogens with one attached hydrogen (secondary N) is 1. The molecule has 12 nitrogen and oxygen atoms in total. The Labute approximate surface area is 349 Å². The van der Waals surface area contributed by atoms with E-state index in [9.17, 15) is 26.0 Å². The number of alkyl halides is 3. The van der Waals surface area contributed by atoms with Gasteiger partial charge in [-0.05, 0) is 102 Å². The summed E-state index contributed by atoms with van der Waals surface area (Å²) >= 11 is 6.84. The summed E-state index contributed by atoms with van der Waals surface area (Å²) in [6, 6.07) is 5.74. The zero-order chi connectivity index (χ0) is 43.9. The molecule has 2 fully saturated rings. The lowest BCUT2D eigenvalue weighted by atomic mass is 9.81. The van der Waals surface area contributed by atoms with Crippen LogP contribution in [0.15, 0.2) is 41.2 Å². The molecule has 4 heterocycles. The molecule has 60 heavy (non-hydrogen) atoms. The molecule has 3 aromatic heterocycles. The second-order valence-corrected chi connectivity index (χ2v) is 19.8. The number of hydrogen-bond acceptors (Lipinski definition) is 9. The Morgan fingerprint density at radius 2 is 1.57 bits per heavy atom. The van der Waals surface area contributed by atoms with Crippen LogP contribution in [0.5, 0.6) is 0 Å². The van der Waals surface area contributed by atoms with Gasteiger partial charge in [-0.1, -0.05) is 11.6 Å². The van der Waals surface area contributed by atoms with Gasteiger partial charge in [-0.3, -0.25) is 23.7 Å². The fourth-order valence-corrected chi connectivity index (χ4v) is 9.51. The largest absolute Gasteiger partial charge is 0.367 e. The van der Waals surface area contributed by atoms with Gasteiger partial charge in [0.2, 0.25) is 15.9 Å². The van der Waals surface area contributed by atoms with Crippen LogP contribution < -0.4 is 16.0 Å². The number of halogens is 6. The molecule has 2 aromatic carbocycles. The number of aromatic nitrogens is 5. The van der Waals surface area contributed by atoms with Gasteiger partial charge >= 0.3 is 0 Å². The average molecular weight is 879 g/mol. The summed E-state index contributed by atoms with van der Waals surface area (Å²) in [5.41, 5.74) is 3.26. The van der Waals surface area contributed by atoms with Gasteiger partial charge in [-0.25, -0.2) is 40.3 Å². The highest BCUT2D eigenvalue weighted by Gasteiger charge is 2.46. The fourth-order valence-electron chi connectivity index (χ4n) is 8.78. The van der Waals surface area contributed by atoms with E-state index in [4.69, 9.17) is 32.2 Å². The number of aryl methyl sites for hydroxylation is 1. The van der Waals surface area contributed by atoms with E-state index in [1.807, 2.05) is 34.6 Å². The number of benzene rings is 2. The maximum absolute atomic E-state index is 16.4. The van der Waals surface area contributed by atoms with Gasteiger partial charge in [0.1, 0.15) is 17.5 Å². The molecule has 324 valence electrons. The number of fused-ring (bicyclic) bond motifs is 2. The number of morpholine rings is 1. The molecule has 1 saturated carbocycles. The Bertz CT molecular complexity index is 2640. The first-order valence-corrected chi connectivity index (χ1v) is 21.8. The summed E-state index contributed by atoms with van der Waals surface area (Å²) in [6.45, 7) is 12.8.